The molecule has 25 heavy (non-hydrogen) atoms. The second kappa shape index (κ2) is 7.03. The fourth-order valence-electron chi connectivity index (χ4n) is 3.12. The van der Waals surface area contributed by atoms with Crippen LogP contribution >= 0.6 is 11.8 Å². The molecule has 138 valence electrons. The van der Waals surface area contributed by atoms with Crippen molar-refractivity contribution >= 4 is 23.6 Å². The van der Waals surface area contributed by atoms with Gasteiger partial charge < -0.3 is 24.2 Å². The normalized spacial score (nSPS) is 21.8. The standard InChI is InChI=1S/C17H23NO6S/c1-9(19)18-14(16(20)21)17(2,3)25-15(18)10-7-11(22-4)13(24-6)12(8-10)23-5/h7-8,14-15H,1-6H3,(H,20,21)/t14-,15+/m0/s1. The number of amides is 1. The number of hydrogen-bond donors (Lipinski definition) is 1. The van der Waals surface area contributed by atoms with E-state index in [-0.39, 0.29) is 5.91 Å². The van der Waals surface area contributed by atoms with Crippen molar-refractivity contribution in [3.63, 3.8) is 0 Å². The SMILES string of the molecule is COc1cc([C@H]2SC(C)(C)[C@H](C(=O)O)N2C(C)=O)cc(OC)c1OC. The largest absolute Gasteiger partial charge is 0.493 e. The number of carbonyl (C=O) groups excluding carboxylic acids is 1. The summed E-state index contributed by atoms with van der Waals surface area (Å²) >= 11 is 1.42. The fraction of sp³-hybridized carbons (Fsp3) is 0.529. The Morgan fingerprint density at radius 1 is 1.12 bits per heavy atom. The Kier molecular flexibility index (Phi) is 5.41. The predicted octanol–water partition coefficient (Wildman–Crippen LogP) is 2.54. The molecule has 2 rings (SSSR count). The van der Waals surface area contributed by atoms with Crippen LogP contribution < -0.4 is 14.2 Å². The van der Waals surface area contributed by atoms with Gasteiger partial charge in [0.2, 0.25) is 11.7 Å². The molecule has 7 nitrogen and oxygen atoms in total. The van der Waals surface area contributed by atoms with Crippen LogP contribution in [0.4, 0.5) is 0 Å². The van der Waals surface area contributed by atoms with Crippen LogP contribution in [0.25, 0.3) is 0 Å². The van der Waals surface area contributed by atoms with Gasteiger partial charge in [0.25, 0.3) is 0 Å². The summed E-state index contributed by atoms with van der Waals surface area (Å²) in [7, 11) is 4.53. The minimum absolute atomic E-state index is 0.302. The number of methoxy groups -OCH3 is 3. The van der Waals surface area contributed by atoms with Gasteiger partial charge in [-0.1, -0.05) is 0 Å². The number of rotatable bonds is 5. The van der Waals surface area contributed by atoms with E-state index < -0.39 is 22.1 Å². The highest BCUT2D eigenvalue weighted by Crippen LogP contribution is 2.54. The highest BCUT2D eigenvalue weighted by Gasteiger charge is 2.53. The Hall–Kier alpha value is -2.09. The molecule has 0 unspecified atom stereocenters. The summed E-state index contributed by atoms with van der Waals surface area (Å²) in [6, 6.07) is 2.56. The van der Waals surface area contributed by atoms with E-state index in [9.17, 15) is 14.7 Å². The zero-order chi connectivity index (χ0) is 18.9. The average Bonchev–Trinajstić information content (AvgIpc) is 2.84. The number of carboxylic acids is 1. The first-order valence-electron chi connectivity index (χ1n) is 7.67. The zero-order valence-corrected chi connectivity index (χ0v) is 16.0. The summed E-state index contributed by atoms with van der Waals surface area (Å²) < 4.78 is 15.4. The lowest BCUT2D eigenvalue weighted by molar-refractivity contribution is -0.150. The Balaban J connectivity index is 2.60. The van der Waals surface area contributed by atoms with Crippen LogP contribution in [0.2, 0.25) is 0 Å². The molecule has 1 aromatic rings. The molecule has 0 spiro atoms. The molecule has 0 radical (unpaired) electrons. The van der Waals surface area contributed by atoms with Gasteiger partial charge >= 0.3 is 5.97 Å². The van der Waals surface area contributed by atoms with Gasteiger partial charge in [-0.15, -0.1) is 11.8 Å². The van der Waals surface area contributed by atoms with E-state index in [1.165, 1.54) is 44.9 Å². The Labute approximate surface area is 151 Å². The van der Waals surface area contributed by atoms with Crippen molar-refractivity contribution in [1.82, 2.24) is 4.90 Å². The van der Waals surface area contributed by atoms with Gasteiger partial charge in [0.05, 0.1) is 21.3 Å². The van der Waals surface area contributed by atoms with Crippen LogP contribution in [0.3, 0.4) is 0 Å². The monoisotopic (exact) mass is 369 g/mol. The molecule has 1 amide bonds. The van der Waals surface area contributed by atoms with E-state index in [1.54, 1.807) is 12.1 Å². The second-order valence-corrected chi connectivity index (χ2v) is 7.93. The van der Waals surface area contributed by atoms with Gasteiger partial charge in [0.1, 0.15) is 11.4 Å². The molecule has 0 aromatic heterocycles. The van der Waals surface area contributed by atoms with Crippen molar-refractivity contribution < 1.29 is 28.9 Å². The van der Waals surface area contributed by atoms with E-state index in [1.807, 2.05) is 13.8 Å². The second-order valence-electron chi connectivity index (χ2n) is 6.20. The van der Waals surface area contributed by atoms with Gasteiger partial charge in [-0.3, -0.25) is 4.79 Å². The fourth-order valence-corrected chi connectivity index (χ4v) is 4.69. The molecule has 1 fully saturated rings. The molecule has 1 aliphatic heterocycles. The van der Waals surface area contributed by atoms with Gasteiger partial charge in [-0.05, 0) is 31.5 Å². The van der Waals surface area contributed by atoms with Crippen LogP contribution in [0.1, 0.15) is 31.7 Å². The number of hydrogen-bond acceptors (Lipinski definition) is 6. The van der Waals surface area contributed by atoms with Crippen molar-refractivity contribution in [3.8, 4) is 17.2 Å². The lowest BCUT2D eigenvalue weighted by atomic mass is 10.0. The highest BCUT2D eigenvalue weighted by molar-refractivity contribution is 8.01. The zero-order valence-electron chi connectivity index (χ0n) is 15.2. The number of benzene rings is 1. The maximum atomic E-state index is 12.2. The average molecular weight is 369 g/mol. The van der Waals surface area contributed by atoms with Crippen LogP contribution in [0, 0.1) is 0 Å². The number of nitrogens with zero attached hydrogens (tertiary/aromatic N) is 1. The van der Waals surface area contributed by atoms with Crippen molar-refractivity contribution in [1.29, 1.82) is 0 Å². The first kappa shape index (κ1) is 19.2. The summed E-state index contributed by atoms with van der Waals surface area (Å²) in [6.45, 7) is 5.03. The minimum Gasteiger partial charge on any atom is -0.493 e. The van der Waals surface area contributed by atoms with E-state index in [0.717, 1.165) is 0 Å². The number of thioether (sulfide) groups is 1. The first-order chi connectivity index (χ1) is 11.7. The van der Waals surface area contributed by atoms with Crippen LogP contribution in [0.15, 0.2) is 12.1 Å². The summed E-state index contributed by atoms with van der Waals surface area (Å²) in [4.78, 5) is 25.4. The number of ether oxygens (including phenoxy) is 3. The molecule has 0 aliphatic carbocycles. The molecule has 2 atom stereocenters. The third kappa shape index (κ3) is 3.35. The van der Waals surface area contributed by atoms with Gasteiger partial charge in [0.15, 0.2) is 11.5 Å². The Bertz CT molecular complexity index is 665. The van der Waals surface area contributed by atoms with Crippen molar-refractivity contribution in [2.24, 2.45) is 0 Å². The van der Waals surface area contributed by atoms with Crippen molar-refractivity contribution in [2.45, 2.75) is 36.9 Å². The minimum atomic E-state index is -1.03. The molecule has 1 saturated heterocycles. The quantitative estimate of drug-likeness (QED) is 0.853. The van der Waals surface area contributed by atoms with E-state index in [4.69, 9.17) is 14.2 Å². The summed E-state index contributed by atoms with van der Waals surface area (Å²) in [5.41, 5.74) is 0.714. The highest BCUT2D eigenvalue weighted by atomic mass is 32.2. The topological polar surface area (TPSA) is 85.3 Å². The van der Waals surface area contributed by atoms with Gasteiger partial charge in [-0.25, -0.2) is 4.79 Å². The lowest BCUT2D eigenvalue weighted by Gasteiger charge is -2.29. The summed E-state index contributed by atoms with van der Waals surface area (Å²) in [6.07, 6.45) is 0. The third-order valence-corrected chi connectivity index (χ3v) is 5.73. The first-order valence-corrected chi connectivity index (χ1v) is 8.55. The number of aliphatic carboxylic acids is 1. The summed E-state index contributed by atoms with van der Waals surface area (Å²) in [5.74, 6) is 0.0297. The number of carboxylic acid groups (broad SMARTS) is 1. The molecule has 0 saturated carbocycles. The van der Waals surface area contributed by atoms with Crippen LogP contribution in [-0.4, -0.2) is 54.0 Å². The van der Waals surface area contributed by atoms with E-state index in [0.29, 0.717) is 22.8 Å². The smallest absolute Gasteiger partial charge is 0.327 e. The molecular weight excluding hydrogens is 346 g/mol. The molecule has 1 aliphatic rings. The molecule has 8 heteroatoms. The molecule has 1 aromatic carbocycles. The Morgan fingerprint density at radius 2 is 1.64 bits per heavy atom. The lowest BCUT2D eigenvalue weighted by Crippen LogP contribution is -2.48. The third-order valence-electron chi connectivity index (χ3n) is 4.17. The maximum Gasteiger partial charge on any atom is 0.327 e. The van der Waals surface area contributed by atoms with Crippen molar-refractivity contribution in [2.75, 3.05) is 21.3 Å². The summed E-state index contributed by atoms with van der Waals surface area (Å²) in [5, 5.41) is 9.17. The van der Waals surface area contributed by atoms with Gasteiger partial charge in [0, 0.05) is 11.7 Å². The maximum absolute atomic E-state index is 12.2. The van der Waals surface area contributed by atoms with Gasteiger partial charge in [-0.2, -0.15) is 0 Å². The van der Waals surface area contributed by atoms with Crippen LogP contribution in [-0.2, 0) is 9.59 Å². The van der Waals surface area contributed by atoms with E-state index in [2.05, 4.69) is 0 Å². The van der Waals surface area contributed by atoms with Crippen molar-refractivity contribution in [3.05, 3.63) is 17.7 Å². The molecule has 1 N–H and O–H groups in total. The molecular formula is C17H23NO6S. The van der Waals surface area contributed by atoms with E-state index >= 15 is 0 Å². The Morgan fingerprint density at radius 3 is 2.00 bits per heavy atom. The predicted molar refractivity (Wildman–Crippen MR) is 94.5 cm³/mol. The van der Waals surface area contributed by atoms with Crippen LogP contribution in [0.5, 0.6) is 17.2 Å². The molecule has 0 bridgehead atoms. The number of carbonyl (C=O) groups is 2. The molecule has 1 heterocycles.